The topological polar surface area (TPSA) is 54.9 Å². The third-order valence-corrected chi connectivity index (χ3v) is 4.35. The third kappa shape index (κ3) is 3.25. The lowest BCUT2D eigenvalue weighted by Gasteiger charge is -2.18. The molecule has 24 heavy (non-hydrogen) atoms. The van der Waals surface area contributed by atoms with Gasteiger partial charge in [-0.25, -0.2) is 9.37 Å². The molecule has 0 fully saturated rings. The van der Waals surface area contributed by atoms with Crippen molar-refractivity contribution in [2.24, 2.45) is 0 Å². The first-order valence-electron chi connectivity index (χ1n) is 7.11. The van der Waals surface area contributed by atoms with Crippen molar-refractivity contribution in [3.05, 3.63) is 63.2 Å². The second-order valence-corrected chi connectivity index (χ2v) is 6.55. The molecule has 3 aromatic rings. The molecule has 0 aliphatic rings. The van der Waals surface area contributed by atoms with E-state index < -0.39 is 11.9 Å². The van der Waals surface area contributed by atoms with E-state index in [-0.39, 0.29) is 11.4 Å². The zero-order chi connectivity index (χ0) is 17.3. The number of nitrogens with one attached hydrogen (secondary N) is 1. The van der Waals surface area contributed by atoms with Crippen LogP contribution in [0, 0.1) is 5.82 Å². The maximum absolute atomic E-state index is 14.1. The van der Waals surface area contributed by atoms with Crippen LogP contribution in [0.2, 0.25) is 5.02 Å². The summed E-state index contributed by atoms with van der Waals surface area (Å²) in [6, 6.07) is 7.70. The van der Waals surface area contributed by atoms with E-state index in [2.05, 4.69) is 31.2 Å². The van der Waals surface area contributed by atoms with Gasteiger partial charge in [0.2, 0.25) is 0 Å². The van der Waals surface area contributed by atoms with Gasteiger partial charge in [-0.2, -0.15) is 0 Å². The van der Waals surface area contributed by atoms with E-state index in [1.165, 1.54) is 12.1 Å². The van der Waals surface area contributed by atoms with Crippen LogP contribution in [0.5, 0.6) is 0 Å². The minimum Gasteiger partial charge on any atom is -0.375 e. The number of aromatic nitrogens is 2. The van der Waals surface area contributed by atoms with Crippen LogP contribution in [0.25, 0.3) is 10.9 Å². The highest BCUT2D eigenvalue weighted by Gasteiger charge is 2.17. The van der Waals surface area contributed by atoms with Gasteiger partial charge in [-0.05, 0) is 37.3 Å². The molecule has 4 nitrogen and oxygen atoms in total. The standard InChI is InChI=1S/C17H12BrClFN3O/c1-9(16-14(20)4-3-11(8-24)23-16)22-17-12-6-10(18)2-5-15(12)21-7-13(17)19/h2-9H,1H3,(H,21,22). The number of aldehydes is 1. The Balaban J connectivity index is 2.05. The Morgan fingerprint density at radius 1 is 1.33 bits per heavy atom. The molecule has 122 valence electrons. The molecule has 2 aromatic heterocycles. The van der Waals surface area contributed by atoms with Crippen LogP contribution >= 0.6 is 27.5 Å². The zero-order valence-corrected chi connectivity index (χ0v) is 14.9. The average Bonchev–Trinajstić information content (AvgIpc) is 2.58. The van der Waals surface area contributed by atoms with Crippen LogP contribution in [-0.2, 0) is 0 Å². The highest BCUT2D eigenvalue weighted by molar-refractivity contribution is 9.10. The van der Waals surface area contributed by atoms with Gasteiger partial charge in [-0.1, -0.05) is 27.5 Å². The first-order chi connectivity index (χ1) is 11.5. The molecule has 2 heterocycles. The summed E-state index contributed by atoms with van der Waals surface area (Å²) in [5, 5.41) is 4.40. The van der Waals surface area contributed by atoms with Gasteiger partial charge in [-0.3, -0.25) is 9.78 Å². The summed E-state index contributed by atoms with van der Waals surface area (Å²) in [6.45, 7) is 1.75. The summed E-state index contributed by atoms with van der Waals surface area (Å²) in [7, 11) is 0. The number of rotatable bonds is 4. The molecular weight excluding hydrogens is 397 g/mol. The molecule has 0 saturated carbocycles. The predicted octanol–water partition coefficient (Wildman–Crippen LogP) is 5.17. The van der Waals surface area contributed by atoms with Crippen LogP contribution in [0.15, 0.2) is 41.0 Å². The maximum atomic E-state index is 14.1. The number of anilines is 1. The fraction of sp³-hybridized carbons (Fsp3) is 0.118. The fourth-order valence-corrected chi connectivity index (χ4v) is 2.98. The van der Waals surface area contributed by atoms with E-state index in [9.17, 15) is 9.18 Å². The Morgan fingerprint density at radius 2 is 2.12 bits per heavy atom. The Bertz CT molecular complexity index is 930. The molecule has 0 amide bonds. The first kappa shape index (κ1) is 16.8. The lowest BCUT2D eigenvalue weighted by molar-refractivity contribution is 0.111. The lowest BCUT2D eigenvalue weighted by Crippen LogP contribution is -2.12. The molecule has 1 atom stereocenters. The van der Waals surface area contributed by atoms with Crippen molar-refractivity contribution in [2.45, 2.75) is 13.0 Å². The molecule has 1 unspecified atom stereocenters. The highest BCUT2D eigenvalue weighted by atomic mass is 79.9. The largest absolute Gasteiger partial charge is 0.375 e. The molecule has 1 N–H and O–H groups in total. The first-order valence-corrected chi connectivity index (χ1v) is 8.28. The number of benzene rings is 1. The second-order valence-electron chi connectivity index (χ2n) is 5.23. The van der Waals surface area contributed by atoms with Crippen molar-refractivity contribution in [1.29, 1.82) is 0 Å². The van der Waals surface area contributed by atoms with E-state index in [0.29, 0.717) is 17.0 Å². The SMILES string of the molecule is CC(Nc1c(Cl)cnc2ccc(Br)cc12)c1nc(C=O)ccc1F. The van der Waals surface area contributed by atoms with E-state index in [0.717, 1.165) is 15.4 Å². The number of hydrogen-bond acceptors (Lipinski definition) is 4. The Kier molecular flexibility index (Phi) is 4.78. The molecule has 0 radical (unpaired) electrons. The Hall–Kier alpha value is -2.05. The number of hydrogen-bond donors (Lipinski definition) is 1. The van der Waals surface area contributed by atoms with Gasteiger partial charge in [0.1, 0.15) is 11.5 Å². The van der Waals surface area contributed by atoms with Crippen molar-refractivity contribution < 1.29 is 9.18 Å². The maximum Gasteiger partial charge on any atom is 0.168 e. The normalized spacial score (nSPS) is 12.2. The molecular formula is C17H12BrClFN3O. The number of carbonyl (C=O) groups excluding carboxylic acids is 1. The van der Waals surface area contributed by atoms with Gasteiger partial charge in [0.05, 0.1) is 28.0 Å². The summed E-state index contributed by atoms with van der Waals surface area (Å²) >= 11 is 9.70. The quantitative estimate of drug-likeness (QED) is 0.605. The molecule has 1 aromatic carbocycles. The summed E-state index contributed by atoms with van der Waals surface area (Å²) < 4.78 is 14.9. The summed E-state index contributed by atoms with van der Waals surface area (Å²) in [4.78, 5) is 19.2. The van der Waals surface area contributed by atoms with Crippen LogP contribution in [0.4, 0.5) is 10.1 Å². The molecule has 0 aliphatic heterocycles. The molecule has 0 spiro atoms. The van der Waals surface area contributed by atoms with Gasteiger partial charge >= 0.3 is 0 Å². The highest BCUT2D eigenvalue weighted by Crippen LogP contribution is 2.34. The number of halogens is 3. The summed E-state index contributed by atoms with van der Waals surface area (Å²) in [5.74, 6) is -0.490. The molecule has 0 aliphatic carbocycles. The van der Waals surface area contributed by atoms with Crippen molar-refractivity contribution >= 4 is 50.4 Å². The number of pyridine rings is 2. The number of fused-ring (bicyclic) bond motifs is 1. The van der Waals surface area contributed by atoms with Gasteiger partial charge in [0.25, 0.3) is 0 Å². The smallest absolute Gasteiger partial charge is 0.168 e. The van der Waals surface area contributed by atoms with Gasteiger partial charge < -0.3 is 5.32 Å². The van der Waals surface area contributed by atoms with Crippen molar-refractivity contribution in [1.82, 2.24) is 9.97 Å². The molecule has 0 bridgehead atoms. The average molecular weight is 409 g/mol. The lowest BCUT2D eigenvalue weighted by atomic mass is 10.1. The minimum atomic E-state index is -0.494. The predicted molar refractivity (Wildman–Crippen MR) is 96.1 cm³/mol. The van der Waals surface area contributed by atoms with E-state index in [1.54, 1.807) is 13.1 Å². The monoisotopic (exact) mass is 407 g/mol. The van der Waals surface area contributed by atoms with Crippen LogP contribution in [0.3, 0.4) is 0 Å². The van der Waals surface area contributed by atoms with Gasteiger partial charge in [0, 0.05) is 16.1 Å². The van der Waals surface area contributed by atoms with Crippen molar-refractivity contribution in [2.75, 3.05) is 5.32 Å². The number of carbonyl (C=O) groups is 1. The van der Waals surface area contributed by atoms with E-state index in [1.807, 2.05) is 18.2 Å². The Morgan fingerprint density at radius 3 is 2.88 bits per heavy atom. The summed E-state index contributed by atoms with van der Waals surface area (Å²) in [6.07, 6.45) is 2.13. The molecule has 7 heteroatoms. The van der Waals surface area contributed by atoms with Crippen LogP contribution in [0.1, 0.15) is 29.1 Å². The zero-order valence-electron chi connectivity index (χ0n) is 12.6. The molecule has 0 saturated heterocycles. The van der Waals surface area contributed by atoms with Gasteiger partial charge in [-0.15, -0.1) is 0 Å². The van der Waals surface area contributed by atoms with Crippen LogP contribution in [-0.4, -0.2) is 16.3 Å². The van der Waals surface area contributed by atoms with E-state index >= 15 is 0 Å². The second kappa shape index (κ2) is 6.83. The molecule has 3 rings (SSSR count). The fourth-order valence-electron chi connectivity index (χ4n) is 2.42. The van der Waals surface area contributed by atoms with E-state index in [4.69, 9.17) is 11.6 Å². The summed E-state index contributed by atoms with van der Waals surface area (Å²) in [5.41, 5.74) is 1.71. The third-order valence-electron chi connectivity index (χ3n) is 3.57. The number of nitrogens with zero attached hydrogens (tertiary/aromatic N) is 2. The van der Waals surface area contributed by atoms with Crippen LogP contribution < -0.4 is 5.32 Å². The minimum absolute atomic E-state index is 0.149. The van der Waals surface area contributed by atoms with Crippen molar-refractivity contribution in [3.8, 4) is 0 Å². The Labute approximate surface area is 151 Å². The van der Waals surface area contributed by atoms with Crippen molar-refractivity contribution in [3.63, 3.8) is 0 Å². The van der Waals surface area contributed by atoms with Gasteiger partial charge in [0.15, 0.2) is 6.29 Å².